The number of hydrogen-bond acceptors (Lipinski definition) is 3. The number of nitrogens with zero attached hydrogens (tertiary/aromatic N) is 3. The monoisotopic (exact) mass is 285 g/mol. The van der Waals surface area contributed by atoms with Crippen molar-refractivity contribution in [2.75, 3.05) is 0 Å². The maximum absolute atomic E-state index is 10.6. The molecule has 0 radical (unpaired) electrons. The zero-order valence-corrected chi connectivity index (χ0v) is 12.7. The van der Waals surface area contributed by atoms with Crippen LogP contribution in [-0.2, 0) is 0 Å². The van der Waals surface area contributed by atoms with Crippen LogP contribution in [0.2, 0.25) is 0 Å². The number of para-hydroxylation sites is 1. The summed E-state index contributed by atoms with van der Waals surface area (Å²) in [6, 6.07) is 9.80. The van der Waals surface area contributed by atoms with Crippen molar-refractivity contribution < 1.29 is 5.11 Å². The van der Waals surface area contributed by atoms with E-state index in [-0.39, 0.29) is 0 Å². The van der Waals surface area contributed by atoms with E-state index in [1.54, 1.807) is 11.0 Å². The minimum atomic E-state index is -0.502. The predicted molar refractivity (Wildman–Crippen MR) is 82.0 cm³/mol. The molecule has 1 aromatic heterocycles. The average Bonchev–Trinajstić information content (AvgIpc) is 3.00. The molecule has 0 saturated heterocycles. The van der Waals surface area contributed by atoms with Crippen molar-refractivity contribution >= 4 is 0 Å². The topological polar surface area (TPSA) is 50.9 Å². The standard InChI is InChI=1S/C17H23N3O/c1-12-8-9-14(10-13(12)2)17(21)16-11-18-20(19-16)15-6-4-3-5-7-15/h3-7,11-14,17,21H,8-10H2,1-2H3. The Hall–Kier alpha value is -1.68. The van der Waals surface area contributed by atoms with E-state index in [9.17, 15) is 5.11 Å². The summed E-state index contributed by atoms with van der Waals surface area (Å²) in [5, 5.41) is 19.3. The van der Waals surface area contributed by atoms with E-state index in [0.717, 1.165) is 24.4 Å². The van der Waals surface area contributed by atoms with Crippen LogP contribution in [0.1, 0.15) is 44.9 Å². The van der Waals surface area contributed by atoms with Crippen molar-refractivity contribution in [1.29, 1.82) is 0 Å². The summed E-state index contributed by atoms with van der Waals surface area (Å²) in [5.41, 5.74) is 1.60. The fourth-order valence-corrected chi connectivity index (χ4v) is 3.21. The molecule has 0 bridgehead atoms. The number of aliphatic hydroxyl groups excluding tert-OH is 1. The third-order valence-corrected chi connectivity index (χ3v) is 4.88. The number of aromatic nitrogens is 3. The molecular weight excluding hydrogens is 262 g/mol. The minimum absolute atomic E-state index is 0.303. The van der Waals surface area contributed by atoms with Crippen LogP contribution in [0.4, 0.5) is 0 Å². The molecule has 3 rings (SSSR count). The van der Waals surface area contributed by atoms with Crippen LogP contribution in [-0.4, -0.2) is 20.1 Å². The normalized spacial score (nSPS) is 27.5. The second-order valence-electron chi connectivity index (χ2n) is 6.37. The number of benzene rings is 1. The van der Waals surface area contributed by atoms with E-state index in [0.29, 0.717) is 17.5 Å². The van der Waals surface area contributed by atoms with Crippen LogP contribution >= 0.6 is 0 Å². The van der Waals surface area contributed by atoms with E-state index in [2.05, 4.69) is 24.0 Å². The van der Waals surface area contributed by atoms with Crippen molar-refractivity contribution in [2.24, 2.45) is 17.8 Å². The van der Waals surface area contributed by atoms with Crippen LogP contribution in [0.3, 0.4) is 0 Å². The molecule has 1 aromatic carbocycles. The van der Waals surface area contributed by atoms with Gasteiger partial charge in [0.25, 0.3) is 0 Å². The van der Waals surface area contributed by atoms with Crippen LogP contribution in [0.15, 0.2) is 36.5 Å². The van der Waals surface area contributed by atoms with Gasteiger partial charge in [0.1, 0.15) is 11.8 Å². The largest absolute Gasteiger partial charge is 0.386 e. The molecule has 4 unspecified atom stereocenters. The first kappa shape index (κ1) is 14.3. The zero-order chi connectivity index (χ0) is 14.8. The third-order valence-electron chi connectivity index (χ3n) is 4.88. The Morgan fingerprint density at radius 1 is 1.14 bits per heavy atom. The molecule has 2 aromatic rings. The van der Waals surface area contributed by atoms with Gasteiger partial charge in [0.05, 0.1) is 11.9 Å². The Labute approximate surface area is 125 Å². The molecule has 112 valence electrons. The van der Waals surface area contributed by atoms with Gasteiger partial charge in [-0.1, -0.05) is 38.5 Å². The summed E-state index contributed by atoms with van der Waals surface area (Å²) < 4.78 is 0. The summed E-state index contributed by atoms with van der Waals surface area (Å²) in [6.45, 7) is 4.59. The fourth-order valence-electron chi connectivity index (χ4n) is 3.21. The van der Waals surface area contributed by atoms with Crippen LogP contribution in [0.25, 0.3) is 5.69 Å². The lowest BCUT2D eigenvalue weighted by molar-refractivity contribution is 0.0529. The smallest absolute Gasteiger partial charge is 0.112 e. The van der Waals surface area contributed by atoms with E-state index < -0.39 is 6.10 Å². The lowest BCUT2D eigenvalue weighted by atomic mass is 9.73. The molecule has 0 spiro atoms. The van der Waals surface area contributed by atoms with Crippen molar-refractivity contribution in [3.63, 3.8) is 0 Å². The molecule has 1 saturated carbocycles. The highest BCUT2D eigenvalue weighted by molar-refractivity contribution is 5.28. The lowest BCUT2D eigenvalue weighted by Crippen LogP contribution is -2.25. The molecule has 4 heteroatoms. The van der Waals surface area contributed by atoms with Crippen LogP contribution in [0.5, 0.6) is 0 Å². The Bertz CT molecular complexity index is 581. The summed E-state index contributed by atoms with van der Waals surface area (Å²) >= 11 is 0. The van der Waals surface area contributed by atoms with Gasteiger partial charge in [0.2, 0.25) is 0 Å². The maximum Gasteiger partial charge on any atom is 0.112 e. The molecule has 21 heavy (non-hydrogen) atoms. The van der Waals surface area contributed by atoms with Crippen molar-refractivity contribution in [2.45, 2.75) is 39.2 Å². The number of rotatable bonds is 3. The Balaban J connectivity index is 1.74. The lowest BCUT2D eigenvalue weighted by Gasteiger charge is -2.34. The van der Waals surface area contributed by atoms with Gasteiger partial charge in [0.15, 0.2) is 0 Å². The van der Waals surface area contributed by atoms with Gasteiger partial charge in [-0.05, 0) is 42.7 Å². The molecule has 0 amide bonds. The Kier molecular flexibility index (Phi) is 4.06. The number of aliphatic hydroxyl groups is 1. The highest BCUT2D eigenvalue weighted by Gasteiger charge is 2.31. The van der Waals surface area contributed by atoms with Gasteiger partial charge >= 0.3 is 0 Å². The molecule has 1 N–H and O–H groups in total. The minimum Gasteiger partial charge on any atom is -0.386 e. The maximum atomic E-state index is 10.6. The number of hydrogen-bond donors (Lipinski definition) is 1. The molecule has 0 aliphatic heterocycles. The molecule has 1 aliphatic carbocycles. The van der Waals surface area contributed by atoms with E-state index >= 15 is 0 Å². The Morgan fingerprint density at radius 3 is 2.62 bits per heavy atom. The van der Waals surface area contributed by atoms with Gasteiger partial charge in [-0.25, -0.2) is 0 Å². The van der Waals surface area contributed by atoms with Gasteiger partial charge in [-0.15, -0.1) is 0 Å². The van der Waals surface area contributed by atoms with Crippen molar-refractivity contribution in [3.05, 3.63) is 42.2 Å². The predicted octanol–water partition coefficient (Wildman–Crippen LogP) is 3.37. The summed E-state index contributed by atoms with van der Waals surface area (Å²) in [6.07, 6.45) is 4.53. The first-order valence-corrected chi connectivity index (χ1v) is 7.81. The molecule has 4 nitrogen and oxygen atoms in total. The Morgan fingerprint density at radius 2 is 1.90 bits per heavy atom. The molecule has 1 fully saturated rings. The first-order valence-electron chi connectivity index (χ1n) is 7.81. The van der Waals surface area contributed by atoms with Gasteiger partial charge in [-0.3, -0.25) is 0 Å². The highest BCUT2D eigenvalue weighted by Crippen LogP contribution is 2.39. The quantitative estimate of drug-likeness (QED) is 0.940. The second kappa shape index (κ2) is 5.98. The summed E-state index contributed by atoms with van der Waals surface area (Å²) in [4.78, 5) is 1.59. The average molecular weight is 285 g/mol. The SMILES string of the molecule is CC1CCC(C(O)c2cnn(-c3ccccc3)n2)CC1C. The fraction of sp³-hybridized carbons (Fsp3) is 0.529. The molecule has 1 aliphatic rings. The summed E-state index contributed by atoms with van der Waals surface area (Å²) in [7, 11) is 0. The van der Waals surface area contributed by atoms with Crippen LogP contribution < -0.4 is 0 Å². The van der Waals surface area contributed by atoms with E-state index in [1.165, 1.54) is 6.42 Å². The van der Waals surface area contributed by atoms with Crippen molar-refractivity contribution in [3.8, 4) is 5.69 Å². The molecule has 1 heterocycles. The highest BCUT2D eigenvalue weighted by atomic mass is 16.3. The van der Waals surface area contributed by atoms with Gasteiger partial charge in [0, 0.05) is 0 Å². The van der Waals surface area contributed by atoms with Gasteiger partial charge in [-0.2, -0.15) is 15.0 Å². The zero-order valence-electron chi connectivity index (χ0n) is 12.7. The molecular formula is C17H23N3O. The second-order valence-corrected chi connectivity index (χ2v) is 6.37. The first-order chi connectivity index (χ1) is 10.1. The van der Waals surface area contributed by atoms with Crippen LogP contribution in [0, 0.1) is 17.8 Å². The van der Waals surface area contributed by atoms with E-state index in [4.69, 9.17) is 0 Å². The third kappa shape index (κ3) is 3.00. The summed E-state index contributed by atoms with van der Waals surface area (Å²) in [5.74, 6) is 1.73. The molecule has 4 atom stereocenters. The van der Waals surface area contributed by atoms with E-state index in [1.807, 2.05) is 30.3 Å². The van der Waals surface area contributed by atoms with Crippen molar-refractivity contribution in [1.82, 2.24) is 15.0 Å². The van der Waals surface area contributed by atoms with Gasteiger partial charge < -0.3 is 5.11 Å².